The highest BCUT2D eigenvalue weighted by molar-refractivity contribution is 6.07. The average molecular weight is 451 g/mol. The first-order valence-corrected chi connectivity index (χ1v) is 10.3. The molecule has 0 radical (unpaired) electrons. The number of halogens is 4. The quantitative estimate of drug-likeness (QED) is 0.490. The Bertz CT molecular complexity index is 1310. The van der Waals surface area contributed by atoms with Gasteiger partial charge in [-0.25, -0.2) is 4.39 Å². The lowest BCUT2D eigenvalue weighted by Crippen LogP contribution is -2.29. The molecule has 2 atom stereocenters. The van der Waals surface area contributed by atoms with Gasteiger partial charge in [-0.15, -0.1) is 0 Å². The van der Waals surface area contributed by atoms with Crippen LogP contribution in [0.5, 0.6) is 5.75 Å². The Balaban J connectivity index is 1.68. The van der Waals surface area contributed by atoms with Crippen LogP contribution in [0.15, 0.2) is 65.8 Å². The van der Waals surface area contributed by atoms with E-state index in [0.717, 1.165) is 28.8 Å². The highest BCUT2D eigenvalue weighted by Gasteiger charge is 2.43. The molecule has 166 valence electrons. The number of hydrazone groups is 1. The van der Waals surface area contributed by atoms with Crippen LogP contribution in [0.4, 0.5) is 23.2 Å². The molecule has 33 heavy (non-hydrogen) atoms. The van der Waals surface area contributed by atoms with Gasteiger partial charge in [0.05, 0.1) is 34.6 Å². The molecule has 2 aliphatic rings. The third-order valence-corrected chi connectivity index (χ3v) is 6.21. The van der Waals surface area contributed by atoms with Crippen LogP contribution in [0, 0.1) is 23.1 Å². The molecule has 0 unspecified atom stereocenters. The molecule has 1 aliphatic carbocycles. The van der Waals surface area contributed by atoms with Gasteiger partial charge in [0.2, 0.25) is 0 Å². The van der Waals surface area contributed by atoms with Crippen molar-refractivity contribution < 1.29 is 22.7 Å². The third kappa shape index (κ3) is 3.59. The fourth-order valence-corrected chi connectivity index (χ4v) is 4.73. The van der Waals surface area contributed by atoms with Crippen molar-refractivity contribution in [1.82, 2.24) is 0 Å². The van der Waals surface area contributed by atoms with E-state index >= 15 is 0 Å². The van der Waals surface area contributed by atoms with Crippen molar-refractivity contribution in [3.63, 3.8) is 0 Å². The van der Waals surface area contributed by atoms with Gasteiger partial charge in [-0.05, 0) is 72.5 Å². The highest BCUT2D eigenvalue weighted by atomic mass is 19.4. The Morgan fingerprint density at radius 3 is 2.48 bits per heavy atom. The first kappa shape index (κ1) is 21.0. The number of phenols is 1. The number of nitrogens with zero attached hydrogens (tertiary/aromatic N) is 3. The largest absolute Gasteiger partial charge is 0.508 e. The standard InChI is InChI=1S/C25H17F4N3O/c26-17-5-1-14(2-6-17)24-21-9-4-15-11-19(33)8-10-20(15)23(21)31-32(24)18-7-3-16(13-30)22(12-18)25(27,28)29/h1-3,5-8,10-12,21,24,33H,4,9H2/t21-,24-/m0/s1. The van der Waals surface area contributed by atoms with E-state index in [1.165, 1.54) is 23.2 Å². The van der Waals surface area contributed by atoms with E-state index in [0.29, 0.717) is 18.6 Å². The molecule has 0 spiro atoms. The van der Waals surface area contributed by atoms with Crippen LogP contribution in [0.2, 0.25) is 0 Å². The van der Waals surface area contributed by atoms with Crippen LogP contribution in [0.1, 0.15) is 40.3 Å². The van der Waals surface area contributed by atoms with Crippen LogP contribution in [0.3, 0.4) is 0 Å². The predicted molar refractivity (Wildman–Crippen MR) is 114 cm³/mol. The molecule has 4 nitrogen and oxygen atoms in total. The van der Waals surface area contributed by atoms with E-state index in [2.05, 4.69) is 0 Å². The number of nitriles is 1. The van der Waals surface area contributed by atoms with Gasteiger partial charge in [0.1, 0.15) is 11.6 Å². The lowest BCUT2D eigenvalue weighted by Gasteiger charge is -2.31. The minimum Gasteiger partial charge on any atom is -0.508 e. The zero-order valence-corrected chi connectivity index (χ0v) is 17.1. The Labute approximate surface area is 187 Å². The summed E-state index contributed by atoms with van der Waals surface area (Å²) in [4.78, 5) is 0. The Kier molecular flexibility index (Phi) is 4.85. The van der Waals surface area contributed by atoms with Crippen molar-refractivity contribution in [3.05, 3.63) is 94.3 Å². The molecule has 1 heterocycles. The van der Waals surface area contributed by atoms with Gasteiger partial charge in [-0.3, -0.25) is 5.01 Å². The molecule has 0 aromatic heterocycles. The molecule has 0 saturated carbocycles. The summed E-state index contributed by atoms with van der Waals surface area (Å²) >= 11 is 0. The zero-order chi connectivity index (χ0) is 23.3. The van der Waals surface area contributed by atoms with Crippen LogP contribution in [-0.2, 0) is 12.6 Å². The maximum atomic E-state index is 13.6. The summed E-state index contributed by atoms with van der Waals surface area (Å²) in [6.45, 7) is 0. The number of aryl methyl sites for hydroxylation is 1. The van der Waals surface area contributed by atoms with E-state index in [4.69, 9.17) is 10.4 Å². The van der Waals surface area contributed by atoms with Gasteiger partial charge in [0, 0.05) is 11.5 Å². The molecule has 0 saturated heterocycles. The molecule has 3 aromatic carbocycles. The molecule has 5 rings (SSSR count). The number of aromatic hydroxyl groups is 1. The van der Waals surface area contributed by atoms with E-state index in [9.17, 15) is 22.7 Å². The Morgan fingerprint density at radius 1 is 1.03 bits per heavy atom. The lowest BCUT2D eigenvalue weighted by atomic mass is 9.77. The summed E-state index contributed by atoms with van der Waals surface area (Å²) in [6.07, 6.45) is -3.37. The van der Waals surface area contributed by atoms with Gasteiger partial charge in [-0.2, -0.15) is 23.5 Å². The van der Waals surface area contributed by atoms with Gasteiger partial charge >= 0.3 is 6.18 Å². The van der Waals surface area contributed by atoms with Gasteiger partial charge in [-0.1, -0.05) is 12.1 Å². The maximum Gasteiger partial charge on any atom is 0.417 e. The second-order valence-electron chi connectivity index (χ2n) is 8.15. The number of hydrogen-bond donors (Lipinski definition) is 1. The molecule has 1 aliphatic heterocycles. The summed E-state index contributed by atoms with van der Waals surface area (Å²) in [6, 6.07) is 15.6. The number of alkyl halides is 3. The number of anilines is 1. The summed E-state index contributed by atoms with van der Waals surface area (Å²) in [5, 5.41) is 25.3. The monoisotopic (exact) mass is 451 g/mol. The van der Waals surface area contributed by atoms with Crippen LogP contribution < -0.4 is 5.01 Å². The van der Waals surface area contributed by atoms with Crippen LogP contribution >= 0.6 is 0 Å². The topological polar surface area (TPSA) is 59.6 Å². The van der Waals surface area contributed by atoms with Gasteiger partial charge in [0.25, 0.3) is 0 Å². The van der Waals surface area contributed by atoms with Crippen LogP contribution in [-0.4, -0.2) is 10.8 Å². The first-order chi connectivity index (χ1) is 15.8. The smallest absolute Gasteiger partial charge is 0.417 e. The number of benzene rings is 3. The van der Waals surface area contributed by atoms with Gasteiger partial charge < -0.3 is 5.11 Å². The van der Waals surface area contributed by atoms with Gasteiger partial charge in [0.15, 0.2) is 0 Å². The summed E-state index contributed by atoms with van der Waals surface area (Å²) < 4.78 is 54.5. The Morgan fingerprint density at radius 2 is 1.79 bits per heavy atom. The van der Waals surface area contributed by atoms with Crippen molar-refractivity contribution in [2.45, 2.75) is 25.1 Å². The number of phenolic OH excluding ortho intramolecular Hbond substituents is 1. The van der Waals surface area contributed by atoms with Crippen LogP contribution in [0.25, 0.3) is 0 Å². The Hall–Kier alpha value is -3.86. The summed E-state index contributed by atoms with van der Waals surface area (Å²) in [7, 11) is 0. The molecular formula is C25H17F4N3O. The highest BCUT2D eigenvalue weighted by Crippen LogP contribution is 2.46. The van der Waals surface area contributed by atoms with Crippen molar-refractivity contribution in [2.24, 2.45) is 11.0 Å². The summed E-state index contributed by atoms with van der Waals surface area (Å²) in [5.41, 5.74) is 1.89. The lowest BCUT2D eigenvalue weighted by molar-refractivity contribution is -0.137. The fourth-order valence-electron chi connectivity index (χ4n) is 4.73. The normalized spacial score (nSPS) is 19.5. The maximum absolute atomic E-state index is 13.6. The van der Waals surface area contributed by atoms with Crippen molar-refractivity contribution in [1.29, 1.82) is 5.26 Å². The van der Waals surface area contributed by atoms with E-state index < -0.39 is 29.2 Å². The van der Waals surface area contributed by atoms with Crippen molar-refractivity contribution in [2.75, 3.05) is 5.01 Å². The molecule has 0 fully saturated rings. The minimum absolute atomic E-state index is 0.139. The molecular weight excluding hydrogens is 434 g/mol. The molecule has 8 heteroatoms. The molecule has 3 aromatic rings. The molecule has 1 N–H and O–H groups in total. The second kappa shape index (κ2) is 7.62. The third-order valence-electron chi connectivity index (χ3n) is 6.21. The summed E-state index contributed by atoms with van der Waals surface area (Å²) in [5.74, 6) is -0.413. The first-order valence-electron chi connectivity index (χ1n) is 10.3. The van der Waals surface area contributed by atoms with E-state index in [-0.39, 0.29) is 17.4 Å². The van der Waals surface area contributed by atoms with Crippen molar-refractivity contribution in [3.8, 4) is 11.8 Å². The molecule has 0 bridgehead atoms. The number of fused-ring (bicyclic) bond motifs is 3. The minimum atomic E-state index is -4.70. The number of rotatable bonds is 2. The predicted octanol–water partition coefficient (Wildman–Crippen LogP) is 5.95. The fraction of sp³-hybridized carbons (Fsp3) is 0.200. The number of hydrogen-bond acceptors (Lipinski definition) is 4. The molecule has 0 amide bonds. The zero-order valence-electron chi connectivity index (χ0n) is 17.1. The van der Waals surface area contributed by atoms with E-state index in [1.807, 2.05) is 0 Å². The average Bonchev–Trinajstić information content (AvgIpc) is 3.18. The van der Waals surface area contributed by atoms with Crippen molar-refractivity contribution >= 4 is 11.4 Å². The van der Waals surface area contributed by atoms with E-state index in [1.54, 1.807) is 36.4 Å². The SMILES string of the molecule is N#Cc1ccc(N2N=C3c4ccc(O)cc4CC[C@@H]3[C@@H]2c2ccc(F)cc2)cc1C(F)(F)F. The second-order valence-corrected chi connectivity index (χ2v) is 8.15.